The van der Waals surface area contributed by atoms with Crippen molar-refractivity contribution in [2.45, 2.75) is 0 Å². The van der Waals surface area contributed by atoms with Crippen molar-refractivity contribution in [2.24, 2.45) is 0 Å². The zero-order valence-electron chi connectivity index (χ0n) is 6.71. The van der Waals surface area contributed by atoms with Crippen LogP contribution in [0.3, 0.4) is 0 Å². The van der Waals surface area contributed by atoms with Crippen LogP contribution in [0, 0.1) is 0 Å². The van der Waals surface area contributed by atoms with Gasteiger partial charge in [0.05, 0.1) is 12.4 Å². The fourth-order valence-corrected chi connectivity index (χ4v) is 1.34. The summed E-state index contributed by atoms with van der Waals surface area (Å²) in [5, 5.41) is 3.79. The summed E-state index contributed by atoms with van der Waals surface area (Å²) in [5.41, 5.74) is 0. The van der Waals surface area contributed by atoms with Crippen LogP contribution in [0.5, 0.6) is 0 Å². The first-order valence-electron chi connectivity index (χ1n) is 3.11. The summed E-state index contributed by atoms with van der Waals surface area (Å²) in [6.45, 7) is -2.64. The van der Waals surface area contributed by atoms with E-state index >= 15 is 0 Å². The monoisotopic (exact) mass is 208 g/mol. The minimum absolute atomic E-state index is 1.22. The van der Waals surface area contributed by atoms with Gasteiger partial charge in [0, 0.05) is 26.0 Å². The molecule has 0 radical (unpaired) electrons. The van der Waals surface area contributed by atoms with Crippen molar-refractivity contribution in [3.05, 3.63) is 18.5 Å². The van der Waals surface area contributed by atoms with E-state index in [0.717, 1.165) is 0 Å². The summed E-state index contributed by atoms with van der Waals surface area (Å²) >= 11 is 4.94. The highest BCUT2D eigenvalue weighted by Crippen LogP contribution is 2.43. The molecule has 5 nitrogen and oxygen atoms in total. The topological polar surface area (TPSA) is 45.5 Å². The molecule has 0 saturated heterocycles. The Labute approximate surface area is 75.4 Å². The van der Waals surface area contributed by atoms with Gasteiger partial charge in [-0.25, -0.2) is 0 Å². The van der Waals surface area contributed by atoms with Crippen molar-refractivity contribution in [3.63, 3.8) is 0 Å². The third-order valence-electron chi connectivity index (χ3n) is 1.11. The van der Waals surface area contributed by atoms with Gasteiger partial charge < -0.3 is 13.7 Å². The SMILES string of the molecule is COP(=S)(OC)On1cccn1. The molecule has 0 unspecified atom stereocenters. The molecule has 0 aliphatic heterocycles. The van der Waals surface area contributed by atoms with Crippen LogP contribution in [0.15, 0.2) is 18.5 Å². The largest absolute Gasteiger partial charge is 0.401 e. The third kappa shape index (κ3) is 2.28. The molecule has 68 valence electrons. The Hall–Kier alpha value is -0.420. The lowest BCUT2D eigenvalue weighted by Crippen LogP contribution is -2.10. The second kappa shape index (κ2) is 4.00. The number of hydrogen-bond donors (Lipinski definition) is 0. The van der Waals surface area contributed by atoms with E-state index in [2.05, 4.69) is 5.10 Å². The number of rotatable bonds is 4. The molecule has 1 aromatic heterocycles. The standard InChI is InChI=1S/C5H9N2O3PS/c1-8-11(12,9-2)10-7-5-3-4-6-7/h3-5H,1-2H3. The van der Waals surface area contributed by atoms with Gasteiger partial charge in [-0.3, -0.25) is 0 Å². The maximum absolute atomic E-state index is 5.13. The summed E-state index contributed by atoms with van der Waals surface area (Å²) in [4.78, 5) is 1.22. The molecule has 0 bridgehead atoms. The molecule has 0 amide bonds. The Balaban J connectivity index is 2.67. The van der Waals surface area contributed by atoms with Crippen LogP contribution in [-0.2, 0) is 20.9 Å². The van der Waals surface area contributed by atoms with Crippen molar-refractivity contribution in [3.8, 4) is 0 Å². The molecule has 0 fully saturated rings. The van der Waals surface area contributed by atoms with Gasteiger partial charge in [-0.05, 0) is 6.07 Å². The molecule has 0 atom stereocenters. The van der Waals surface area contributed by atoms with Crippen molar-refractivity contribution >= 4 is 18.5 Å². The van der Waals surface area contributed by atoms with E-state index in [9.17, 15) is 0 Å². The second-order valence-electron chi connectivity index (χ2n) is 1.80. The number of hydrogen-bond acceptors (Lipinski definition) is 5. The molecule has 1 rings (SSSR count). The Kier molecular flexibility index (Phi) is 3.22. The maximum Gasteiger partial charge on any atom is 0.401 e. The molecule has 1 aromatic rings. The van der Waals surface area contributed by atoms with E-state index in [1.165, 1.54) is 19.1 Å². The molecule has 0 aromatic carbocycles. The molecule has 0 N–H and O–H groups in total. The van der Waals surface area contributed by atoms with Gasteiger partial charge in [0.1, 0.15) is 0 Å². The predicted octanol–water partition coefficient (Wildman–Crippen LogP) is 0.829. The Morgan fingerprint density at radius 1 is 1.42 bits per heavy atom. The van der Waals surface area contributed by atoms with Gasteiger partial charge in [0.25, 0.3) is 0 Å². The van der Waals surface area contributed by atoms with Gasteiger partial charge >= 0.3 is 6.72 Å². The number of aromatic nitrogens is 2. The van der Waals surface area contributed by atoms with E-state index in [4.69, 9.17) is 25.5 Å². The van der Waals surface area contributed by atoms with Crippen LogP contribution in [0.25, 0.3) is 0 Å². The number of nitrogens with zero attached hydrogens (tertiary/aromatic N) is 2. The van der Waals surface area contributed by atoms with Gasteiger partial charge in [-0.2, -0.15) is 0 Å². The van der Waals surface area contributed by atoms with Crippen LogP contribution in [-0.4, -0.2) is 24.2 Å². The first-order chi connectivity index (χ1) is 5.70. The molecule has 7 heteroatoms. The van der Waals surface area contributed by atoms with E-state index in [1.807, 2.05) is 0 Å². The minimum atomic E-state index is -2.64. The molecule has 0 spiro atoms. The van der Waals surface area contributed by atoms with Gasteiger partial charge in [0.2, 0.25) is 0 Å². The summed E-state index contributed by atoms with van der Waals surface area (Å²) in [5.74, 6) is 0. The maximum atomic E-state index is 5.13. The van der Waals surface area contributed by atoms with E-state index in [-0.39, 0.29) is 0 Å². The first kappa shape index (κ1) is 9.67. The highest BCUT2D eigenvalue weighted by molar-refractivity contribution is 8.07. The summed E-state index contributed by atoms with van der Waals surface area (Å²) < 4.78 is 14.9. The highest BCUT2D eigenvalue weighted by atomic mass is 32.5. The lowest BCUT2D eigenvalue weighted by Gasteiger charge is -2.16. The Bertz CT molecular complexity index is 268. The van der Waals surface area contributed by atoms with Crippen LogP contribution >= 0.6 is 6.72 Å². The normalized spacial score (nSPS) is 11.5. The average molecular weight is 208 g/mol. The predicted molar refractivity (Wildman–Crippen MR) is 47.1 cm³/mol. The zero-order chi connectivity index (χ0) is 9.03. The molecule has 0 saturated carbocycles. The van der Waals surface area contributed by atoms with Crippen molar-refractivity contribution in [1.29, 1.82) is 0 Å². The fraction of sp³-hybridized carbons (Fsp3) is 0.400. The van der Waals surface area contributed by atoms with Crippen molar-refractivity contribution in [2.75, 3.05) is 14.2 Å². The van der Waals surface area contributed by atoms with E-state index < -0.39 is 6.72 Å². The lowest BCUT2D eigenvalue weighted by molar-refractivity contribution is 0.163. The summed E-state index contributed by atoms with van der Waals surface area (Å²) in [6, 6.07) is 1.71. The molecular formula is C5H9N2O3PS. The van der Waals surface area contributed by atoms with Gasteiger partial charge in [-0.1, -0.05) is 4.85 Å². The average Bonchev–Trinajstić information content (AvgIpc) is 2.57. The Morgan fingerprint density at radius 2 is 2.08 bits per heavy atom. The smallest absolute Gasteiger partial charge is 0.315 e. The Morgan fingerprint density at radius 3 is 2.50 bits per heavy atom. The van der Waals surface area contributed by atoms with Crippen molar-refractivity contribution in [1.82, 2.24) is 9.94 Å². The molecule has 1 heterocycles. The first-order valence-corrected chi connectivity index (χ1v) is 5.67. The van der Waals surface area contributed by atoms with Gasteiger partial charge in [0.15, 0.2) is 0 Å². The third-order valence-corrected chi connectivity index (χ3v) is 3.47. The lowest BCUT2D eigenvalue weighted by atomic mass is 10.8. The summed E-state index contributed by atoms with van der Waals surface area (Å²) in [6.07, 6.45) is 3.18. The molecule has 0 aliphatic carbocycles. The van der Waals surface area contributed by atoms with Crippen LogP contribution < -0.4 is 4.62 Å². The molecule has 0 aliphatic rings. The quantitative estimate of drug-likeness (QED) is 0.686. The second-order valence-corrected chi connectivity index (χ2v) is 4.93. The van der Waals surface area contributed by atoms with Crippen LogP contribution in [0.2, 0.25) is 0 Å². The minimum Gasteiger partial charge on any atom is -0.315 e. The fourth-order valence-electron chi connectivity index (χ4n) is 0.547. The highest BCUT2D eigenvalue weighted by Gasteiger charge is 2.18. The summed E-state index contributed by atoms with van der Waals surface area (Å²) in [7, 11) is 2.88. The van der Waals surface area contributed by atoms with Crippen LogP contribution in [0.4, 0.5) is 0 Å². The van der Waals surface area contributed by atoms with Crippen LogP contribution in [0.1, 0.15) is 0 Å². The van der Waals surface area contributed by atoms with Crippen molar-refractivity contribution < 1.29 is 13.7 Å². The van der Waals surface area contributed by atoms with Gasteiger partial charge in [-0.15, -0.1) is 5.10 Å². The molecule has 12 heavy (non-hydrogen) atoms. The van der Waals surface area contributed by atoms with E-state index in [0.29, 0.717) is 0 Å². The zero-order valence-corrected chi connectivity index (χ0v) is 8.42. The molecular weight excluding hydrogens is 199 g/mol. The van der Waals surface area contributed by atoms with E-state index in [1.54, 1.807) is 18.5 Å².